The quantitative estimate of drug-likeness (QED) is 0.708. The Morgan fingerprint density at radius 2 is 1.70 bits per heavy atom. The Bertz CT molecular complexity index is 840. The monoisotopic (exact) mass is 346 g/mol. The van der Waals surface area contributed by atoms with Gasteiger partial charge in [0.25, 0.3) is 5.91 Å². The fourth-order valence-electron chi connectivity index (χ4n) is 2.25. The normalized spacial score (nSPS) is 10.6. The highest BCUT2D eigenvalue weighted by molar-refractivity contribution is 6.39. The summed E-state index contributed by atoms with van der Waals surface area (Å²) < 4.78 is 5.19. The maximum absolute atomic E-state index is 12.6. The maximum atomic E-state index is 12.6. The zero-order valence-corrected chi connectivity index (χ0v) is 13.7. The molecule has 4 nitrogen and oxygen atoms in total. The molecule has 1 heterocycles. The zero-order chi connectivity index (χ0) is 16.4. The van der Waals surface area contributed by atoms with E-state index >= 15 is 0 Å². The predicted octanol–water partition coefficient (Wildman–Crippen LogP) is 5.21. The number of nitrogens with one attached hydrogen (secondary N) is 1. The largest absolute Gasteiger partial charge is 0.360 e. The molecule has 0 aliphatic carbocycles. The number of amides is 1. The zero-order valence-electron chi connectivity index (χ0n) is 12.1. The molecule has 0 unspecified atom stereocenters. The van der Waals surface area contributed by atoms with Crippen LogP contribution in [0.4, 0.5) is 5.69 Å². The fraction of sp³-hybridized carbons (Fsp3) is 0.0588. The highest BCUT2D eigenvalue weighted by Gasteiger charge is 2.24. The maximum Gasteiger partial charge on any atom is 0.261 e. The van der Waals surface area contributed by atoms with Crippen LogP contribution in [0.2, 0.25) is 10.0 Å². The summed E-state index contributed by atoms with van der Waals surface area (Å²) in [6.45, 7) is 1.67. The van der Waals surface area contributed by atoms with E-state index in [4.69, 9.17) is 27.7 Å². The molecule has 1 aromatic heterocycles. The molecule has 116 valence electrons. The first kappa shape index (κ1) is 15.6. The van der Waals surface area contributed by atoms with E-state index < -0.39 is 0 Å². The van der Waals surface area contributed by atoms with Crippen LogP contribution in [-0.4, -0.2) is 11.1 Å². The Kier molecular flexibility index (Phi) is 4.37. The van der Waals surface area contributed by atoms with Crippen LogP contribution in [0.3, 0.4) is 0 Å². The molecule has 0 spiro atoms. The Hall–Kier alpha value is -2.30. The van der Waals surface area contributed by atoms with Gasteiger partial charge in [-0.3, -0.25) is 4.79 Å². The third-order valence-electron chi connectivity index (χ3n) is 3.32. The minimum absolute atomic E-state index is 0.309. The van der Waals surface area contributed by atoms with Crippen molar-refractivity contribution in [3.05, 3.63) is 69.9 Å². The summed E-state index contributed by atoms with van der Waals surface area (Å²) in [6.07, 6.45) is 0. The lowest BCUT2D eigenvalue weighted by Gasteiger charge is -2.07. The van der Waals surface area contributed by atoms with Crippen LogP contribution in [0, 0.1) is 6.92 Å². The van der Waals surface area contributed by atoms with Gasteiger partial charge in [-0.05, 0) is 31.2 Å². The van der Waals surface area contributed by atoms with Crippen LogP contribution >= 0.6 is 23.2 Å². The Morgan fingerprint density at radius 3 is 2.35 bits per heavy atom. The number of carbonyl (C=O) groups is 1. The second-order valence-electron chi connectivity index (χ2n) is 4.88. The number of halogens is 2. The SMILES string of the molecule is Cc1onc(-c2c(Cl)cccc2Cl)c1C(=O)Nc1ccccc1. The van der Waals surface area contributed by atoms with Gasteiger partial charge in [0.2, 0.25) is 0 Å². The highest BCUT2D eigenvalue weighted by Crippen LogP contribution is 2.36. The first-order chi connectivity index (χ1) is 11.1. The third-order valence-corrected chi connectivity index (χ3v) is 3.95. The number of nitrogens with zero attached hydrogens (tertiary/aromatic N) is 1. The summed E-state index contributed by atoms with van der Waals surface area (Å²) >= 11 is 12.4. The van der Waals surface area contributed by atoms with Crippen LogP contribution < -0.4 is 5.32 Å². The fourth-order valence-corrected chi connectivity index (χ4v) is 2.83. The number of anilines is 1. The second kappa shape index (κ2) is 6.44. The number of hydrogen-bond acceptors (Lipinski definition) is 3. The molecule has 0 saturated heterocycles. The number of hydrogen-bond donors (Lipinski definition) is 1. The first-order valence-corrected chi connectivity index (χ1v) is 7.60. The van der Waals surface area contributed by atoms with Gasteiger partial charge in [-0.15, -0.1) is 0 Å². The van der Waals surface area contributed by atoms with E-state index in [2.05, 4.69) is 10.5 Å². The van der Waals surface area contributed by atoms with Gasteiger partial charge in [0.1, 0.15) is 17.0 Å². The highest BCUT2D eigenvalue weighted by atomic mass is 35.5. The van der Waals surface area contributed by atoms with Crippen molar-refractivity contribution < 1.29 is 9.32 Å². The predicted molar refractivity (Wildman–Crippen MR) is 91.1 cm³/mol. The molecule has 0 bridgehead atoms. The Morgan fingerprint density at radius 1 is 1.04 bits per heavy atom. The van der Waals surface area contributed by atoms with Crippen molar-refractivity contribution in [3.63, 3.8) is 0 Å². The molecule has 1 amide bonds. The van der Waals surface area contributed by atoms with Crippen LogP contribution in [0.15, 0.2) is 53.1 Å². The van der Waals surface area contributed by atoms with Gasteiger partial charge in [-0.2, -0.15) is 0 Å². The van der Waals surface area contributed by atoms with Crippen LogP contribution in [0.25, 0.3) is 11.3 Å². The minimum Gasteiger partial charge on any atom is -0.360 e. The minimum atomic E-state index is -0.332. The molecule has 1 N–H and O–H groups in total. The van der Waals surface area contributed by atoms with Crippen LogP contribution in [-0.2, 0) is 0 Å². The van der Waals surface area contributed by atoms with Crippen molar-refractivity contribution in [2.45, 2.75) is 6.92 Å². The molecule has 0 radical (unpaired) electrons. The lowest BCUT2D eigenvalue weighted by molar-refractivity contribution is 0.102. The van der Waals surface area contributed by atoms with Crippen molar-refractivity contribution in [2.24, 2.45) is 0 Å². The van der Waals surface area contributed by atoms with E-state index in [1.807, 2.05) is 18.2 Å². The van der Waals surface area contributed by atoms with Crippen molar-refractivity contribution in [1.82, 2.24) is 5.16 Å². The van der Waals surface area contributed by atoms with E-state index in [1.165, 1.54) is 0 Å². The molecular weight excluding hydrogens is 335 g/mol. The number of rotatable bonds is 3. The molecule has 0 aliphatic rings. The summed E-state index contributed by atoms with van der Waals surface area (Å²) in [7, 11) is 0. The summed E-state index contributed by atoms with van der Waals surface area (Å²) in [4.78, 5) is 12.6. The van der Waals surface area contributed by atoms with E-state index in [-0.39, 0.29) is 5.91 Å². The number of para-hydroxylation sites is 1. The van der Waals surface area contributed by atoms with E-state index in [9.17, 15) is 4.79 Å². The Labute approximate surface area is 143 Å². The van der Waals surface area contributed by atoms with Gasteiger partial charge >= 0.3 is 0 Å². The second-order valence-corrected chi connectivity index (χ2v) is 5.69. The van der Waals surface area contributed by atoms with Crippen molar-refractivity contribution >= 4 is 34.8 Å². The number of benzene rings is 2. The number of aromatic nitrogens is 1. The average molecular weight is 347 g/mol. The molecule has 0 saturated carbocycles. The standard InChI is InChI=1S/C17H12Cl2N2O2/c1-10-14(17(22)20-11-6-3-2-4-7-11)16(21-23-10)15-12(18)8-5-9-13(15)19/h2-9H,1H3,(H,20,22). The molecule has 2 aromatic carbocycles. The van der Waals surface area contributed by atoms with Crippen LogP contribution in [0.5, 0.6) is 0 Å². The molecule has 23 heavy (non-hydrogen) atoms. The number of carbonyl (C=O) groups excluding carboxylic acids is 1. The molecule has 0 aliphatic heterocycles. The lowest BCUT2D eigenvalue weighted by Crippen LogP contribution is -2.13. The Balaban J connectivity index is 2.04. The van der Waals surface area contributed by atoms with Gasteiger partial charge in [-0.1, -0.05) is 52.6 Å². The summed E-state index contributed by atoms with van der Waals surface area (Å²) in [5.74, 6) is 0.0605. The van der Waals surface area contributed by atoms with Gasteiger partial charge < -0.3 is 9.84 Å². The van der Waals surface area contributed by atoms with E-state index in [1.54, 1.807) is 37.3 Å². The molecule has 3 rings (SSSR count). The van der Waals surface area contributed by atoms with Gasteiger partial charge in [0.15, 0.2) is 0 Å². The van der Waals surface area contributed by atoms with E-state index in [0.29, 0.717) is 38.3 Å². The lowest BCUT2D eigenvalue weighted by atomic mass is 10.1. The molecular formula is C17H12Cl2N2O2. The van der Waals surface area contributed by atoms with Gasteiger partial charge in [0, 0.05) is 11.3 Å². The van der Waals surface area contributed by atoms with Crippen molar-refractivity contribution in [2.75, 3.05) is 5.32 Å². The third kappa shape index (κ3) is 3.09. The summed E-state index contributed by atoms with van der Waals surface area (Å²) in [5.41, 5.74) is 1.79. The molecule has 0 fully saturated rings. The summed E-state index contributed by atoms with van der Waals surface area (Å²) in [5, 5.41) is 7.58. The smallest absolute Gasteiger partial charge is 0.261 e. The number of aryl methyl sites for hydroxylation is 1. The van der Waals surface area contributed by atoms with E-state index in [0.717, 1.165) is 0 Å². The average Bonchev–Trinajstić information content (AvgIpc) is 2.90. The molecule has 0 atom stereocenters. The van der Waals surface area contributed by atoms with Gasteiger partial charge in [-0.25, -0.2) is 0 Å². The van der Waals surface area contributed by atoms with Crippen LogP contribution in [0.1, 0.15) is 16.1 Å². The van der Waals surface area contributed by atoms with Crippen molar-refractivity contribution in [1.29, 1.82) is 0 Å². The molecule has 6 heteroatoms. The first-order valence-electron chi connectivity index (χ1n) is 6.85. The van der Waals surface area contributed by atoms with Gasteiger partial charge in [0.05, 0.1) is 10.0 Å². The topological polar surface area (TPSA) is 55.1 Å². The summed E-state index contributed by atoms with van der Waals surface area (Å²) in [6, 6.07) is 14.2. The molecule has 3 aromatic rings. The van der Waals surface area contributed by atoms with Crippen molar-refractivity contribution in [3.8, 4) is 11.3 Å².